The molecule has 0 aliphatic carbocycles. The molecule has 21 heavy (non-hydrogen) atoms. The van der Waals surface area contributed by atoms with Gasteiger partial charge in [-0.1, -0.05) is 18.6 Å². The van der Waals surface area contributed by atoms with Gasteiger partial charge in [-0.25, -0.2) is 0 Å². The third kappa shape index (κ3) is 4.55. The van der Waals surface area contributed by atoms with Crippen LogP contribution in [0.1, 0.15) is 29.3 Å². The van der Waals surface area contributed by atoms with Gasteiger partial charge in [-0.05, 0) is 32.5 Å². The summed E-state index contributed by atoms with van der Waals surface area (Å²) in [7, 11) is 2.12. The zero-order valence-corrected chi connectivity index (χ0v) is 13.4. The molecule has 0 bridgehead atoms. The normalized spacial score (nSPS) is 16.9. The fourth-order valence-electron chi connectivity index (χ4n) is 2.49. The molecule has 4 nitrogen and oxygen atoms in total. The molecular formula is C17H26N2O2. The topological polar surface area (TPSA) is 32.8 Å². The van der Waals surface area contributed by atoms with E-state index in [1.54, 1.807) is 0 Å². The summed E-state index contributed by atoms with van der Waals surface area (Å²) in [4.78, 5) is 17.1. The van der Waals surface area contributed by atoms with Gasteiger partial charge in [0.05, 0.1) is 18.7 Å². The second kappa shape index (κ2) is 7.57. The van der Waals surface area contributed by atoms with Crippen molar-refractivity contribution in [3.05, 3.63) is 29.3 Å². The molecule has 0 saturated carbocycles. The number of ether oxygens (including phenoxy) is 1. The number of carbonyl (C=O) groups excluding carboxylic acids is 1. The number of carbonyl (C=O) groups is 1. The summed E-state index contributed by atoms with van der Waals surface area (Å²) in [5, 5.41) is 0. The molecule has 0 unspecified atom stereocenters. The van der Waals surface area contributed by atoms with Gasteiger partial charge in [-0.3, -0.25) is 9.69 Å². The Bertz CT molecular complexity index is 480. The SMILES string of the molecule is CCCOc1ccc(C)cc1C(=O)CN1CCN(C)CC1. The number of hydrogen-bond donors (Lipinski definition) is 0. The lowest BCUT2D eigenvalue weighted by atomic mass is 10.1. The van der Waals surface area contributed by atoms with Gasteiger partial charge in [-0.2, -0.15) is 0 Å². The summed E-state index contributed by atoms with van der Waals surface area (Å²) < 4.78 is 5.72. The van der Waals surface area contributed by atoms with Crippen LogP contribution in [0.2, 0.25) is 0 Å². The van der Waals surface area contributed by atoms with Gasteiger partial charge >= 0.3 is 0 Å². The maximum absolute atomic E-state index is 12.6. The molecular weight excluding hydrogens is 264 g/mol. The summed E-state index contributed by atoms with van der Waals surface area (Å²) in [5.74, 6) is 0.885. The minimum atomic E-state index is 0.161. The average molecular weight is 290 g/mol. The molecule has 1 saturated heterocycles. The lowest BCUT2D eigenvalue weighted by molar-refractivity contribution is 0.0872. The highest BCUT2D eigenvalue weighted by atomic mass is 16.5. The number of benzene rings is 1. The predicted molar refractivity (Wildman–Crippen MR) is 85.2 cm³/mol. The van der Waals surface area contributed by atoms with Crippen molar-refractivity contribution in [2.75, 3.05) is 46.4 Å². The highest BCUT2D eigenvalue weighted by Gasteiger charge is 2.19. The summed E-state index contributed by atoms with van der Waals surface area (Å²) >= 11 is 0. The molecule has 116 valence electrons. The van der Waals surface area contributed by atoms with Crippen LogP contribution in [0.3, 0.4) is 0 Å². The second-order valence-corrected chi connectivity index (χ2v) is 5.85. The van der Waals surface area contributed by atoms with Crippen molar-refractivity contribution in [3.8, 4) is 5.75 Å². The van der Waals surface area contributed by atoms with E-state index in [1.807, 2.05) is 25.1 Å². The zero-order chi connectivity index (χ0) is 15.2. The van der Waals surface area contributed by atoms with Crippen molar-refractivity contribution in [2.45, 2.75) is 20.3 Å². The molecule has 0 aromatic heterocycles. The number of nitrogens with zero attached hydrogens (tertiary/aromatic N) is 2. The molecule has 0 N–H and O–H groups in total. The third-order valence-electron chi connectivity index (χ3n) is 3.86. The van der Waals surface area contributed by atoms with Crippen LogP contribution in [-0.2, 0) is 0 Å². The highest BCUT2D eigenvalue weighted by molar-refractivity contribution is 6.00. The molecule has 0 radical (unpaired) electrons. The molecule has 1 fully saturated rings. The van der Waals surface area contributed by atoms with E-state index in [9.17, 15) is 4.79 Å². The maximum Gasteiger partial charge on any atom is 0.180 e. The smallest absolute Gasteiger partial charge is 0.180 e. The maximum atomic E-state index is 12.6. The second-order valence-electron chi connectivity index (χ2n) is 5.85. The Labute approximate surface area is 127 Å². The number of piperazine rings is 1. The highest BCUT2D eigenvalue weighted by Crippen LogP contribution is 2.21. The van der Waals surface area contributed by atoms with E-state index in [2.05, 4.69) is 23.8 Å². The Morgan fingerprint density at radius 1 is 1.24 bits per heavy atom. The van der Waals surface area contributed by atoms with E-state index in [0.717, 1.165) is 49.5 Å². The number of rotatable bonds is 6. The molecule has 0 spiro atoms. The molecule has 1 aliphatic rings. The average Bonchev–Trinajstić information content (AvgIpc) is 2.48. The van der Waals surface area contributed by atoms with Gasteiger partial charge in [0.2, 0.25) is 0 Å². The predicted octanol–water partition coefficient (Wildman–Crippen LogP) is 2.21. The van der Waals surface area contributed by atoms with Crippen LogP contribution in [0, 0.1) is 6.92 Å². The number of hydrogen-bond acceptors (Lipinski definition) is 4. The Hall–Kier alpha value is -1.39. The first kappa shape index (κ1) is 16.0. The summed E-state index contributed by atoms with van der Waals surface area (Å²) in [6.07, 6.45) is 0.944. The Morgan fingerprint density at radius 3 is 2.62 bits per heavy atom. The summed E-state index contributed by atoms with van der Waals surface area (Å²) in [6, 6.07) is 5.86. The molecule has 0 amide bonds. The molecule has 1 aromatic carbocycles. The lowest BCUT2D eigenvalue weighted by Gasteiger charge is -2.31. The van der Waals surface area contributed by atoms with Gasteiger partial charge in [-0.15, -0.1) is 0 Å². The van der Waals surface area contributed by atoms with Gasteiger partial charge in [0.15, 0.2) is 5.78 Å². The van der Waals surface area contributed by atoms with Crippen LogP contribution < -0.4 is 4.74 Å². The first-order valence-corrected chi connectivity index (χ1v) is 7.77. The van der Waals surface area contributed by atoms with Crippen molar-refractivity contribution in [1.29, 1.82) is 0 Å². The van der Waals surface area contributed by atoms with E-state index in [4.69, 9.17) is 4.74 Å². The largest absolute Gasteiger partial charge is 0.493 e. The molecule has 1 aliphatic heterocycles. The minimum absolute atomic E-state index is 0.161. The summed E-state index contributed by atoms with van der Waals surface area (Å²) in [5.41, 5.74) is 1.82. The van der Waals surface area contributed by atoms with E-state index in [-0.39, 0.29) is 5.78 Å². The van der Waals surface area contributed by atoms with Gasteiger partial charge < -0.3 is 9.64 Å². The summed E-state index contributed by atoms with van der Waals surface area (Å²) in [6.45, 7) is 9.19. The Balaban J connectivity index is 2.05. The van der Waals surface area contributed by atoms with Crippen molar-refractivity contribution >= 4 is 5.78 Å². The van der Waals surface area contributed by atoms with Crippen molar-refractivity contribution in [2.24, 2.45) is 0 Å². The number of ketones is 1. The fraction of sp³-hybridized carbons (Fsp3) is 0.588. The van der Waals surface area contributed by atoms with E-state index < -0.39 is 0 Å². The molecule has 4 heteroatoms. The Morgan fingerprint density at radius 2 is 1.95 bits per heavy atom. The van der Waals surface area contributed by atoms with Crippen LogP contribution in [0.5, 0.6) is 5.75 Å². The standard InChI is InChI=1S/C17H26N2O2/c1-4-11-21-17-6-5-14(2)12-15(17)16(20)13-19-9-7-18(3)8-10-19/h5-6,12H,4,7-11,13H2,1-3H3. The van der Waals surface area contributed by atoms with Crippen molar-refractivity contribution < 1.29 is 9.53 Å². The van der Waals surface area contributed by atoms with Crippen molar-refractivity contribution in [3.63, 3.8) is 0 Å². The first-order valence-electron chi connectivity index (χ1n) is 7.77. The van der Waals surface area contributed by atoms with E-state index in [0.29, 0.717) is 13.2 Å². The van der Waals surface area contributed by atoms with Crippen LogP contribution in [0.4, 0.5) is 0 Å². The molecule has 1 aromatic rings. The zero-order valence-electron chi connectivity index (χ0n) is 13.4. The number of aryl methyl sites for hydroxylation is 1. The molecule has 0 atom stereocenters. The quantitative estimate of drug-likeness (QED) is 0.752. The first-order chi connectivity index (χ1) is 10.1. The van der Waals surface area contributed by atoms with Crippen LogP contribution in [-0.4, -0.2) is 62.0 Å². The minimum Gasteiger partial charge on any atom is -0.493 e. The number of Topliss-reactive ketones (excluding diaryl/α,β-unsaturated/α-hetero) is 1. The number of likely N-dealkylation sites (N-methyl/N-ethyl adjacent to an activating group) is 1. The lowest BCUT2D eigenvalue weighted by Crippen LogP contribution is -2.46. The van der Waals surface area contributed by atoms with Crippen LogP contribution >= 0.6 is 0 Å². The fourth-order valence-corrected chi connectivity index (χ4v) is 2.49. The molecule has 2 rings (SSSR count). The Kier molecular flexibility index (Phi) is 5.76. The monoisotopic (exact) mass is 290 g/mol. The van der Waals surface area contributed by atoms with E-state index in [1.165, 1.54) is 0 Å². The van der Waals surface area contributed by atoms with Gasteiger partial charge in [0, 0.05) is 26.2 Å². The third-order valence-corrected chi connectivity index (χ3v) is 3.86. The van der Waals surface area contributed by atoms with Gasteiger partial charge in [0.1, 0.15) is 5.75 Å². The van der Waals surface area contributed by atoms with E-state index >= 15 is 0 Å². The van der Waals surface area contributed by atoms with Crippen LogP contribution in [0.15, 0.2) is 18.2 Å². The van der Waals surface area contributed by atoms with Gasteiger partial charge in [0.25, 0.3) is 0 Å². The molecule has 1 heterocycles. The van der Waals surface area contributed by atoms with Crippen LogP contribution in [0.25, 0.3) is 0 Å². The van der Waals surface area contributed by atoms with Crippen molar-refractivity contribution in [1.82, 2.24) is 9.80 Å².